The van der Waals surface area contributed by atoms with E-state index in [4.69, 9.17) is 4.98 Å². The molecule has 7 nitrogen and oxygen atoms in total. The largest absolute Gasteiger partial charge is 0.306 e. The van der Waals surface area contributed by atoms with Gasteiger partial charge in [-0.1, -0.05) is 23.8 Å². The van der Waals surface area contributed by atoms with E-state index in [0.29, 0.717) is 22.2 Å². The first-order valence-corrected chi connectivity index (χ1v) is 9.95. The van der Waals surface area contributed by atoms with Crippen LogP contribution in [0.2, 0.25) is 0 Å². The Bertz CT molecular complexity index is 1530. The maximum Gasteiger partial charge on any atom is 0.279 e. The van der Waals surface area contributed by atoms with E-state index < -0.39 is 5.91 Å². The molecule has 7 heteroatoms. The van der Waals surface area contributed by atoms with Crippen molar-refractivity contribution in [2.75, 3.05) is 0 Å². The van der Waals surface area contributed by atoms with E-state index in [2.05, 4.69) is 11.1 Å². The smallest absolute Gasteiger partial charge is 0.279 e. The number of aryl methyl sites for hydroxylation is 2. The first kappa shape index (κ1) is 20.2. The van der Waals surface area contributed by atoms with Crippen molar-refractivity contribution >= 4 is 22.6 Å². The van der Waals surface area contributed by atoms with E-state index >= 15 is 0 Å². The predicted molar refractivity (Wildman–Crippen MR) is 118 cm³/mol. The molecule has 3 heterocycles. The second kappa shape index (κ2) is 7.65. The molecule has 0 aliphatic carbocycles. The van der Waals surface area contributed by atoms with Crippen molar-refractivity contribution in [2.45, 2.75) is 33.7 Å². The zero-order valence-electron chi connectivity index (χ0n) is 17.7. The van der Waals surface area contributed by atoms with Gasteiger partial charge in [0.2, 0.25) is 0 Å². The van der Waals surface area contributed by atoms with E-state index in [-0.39, 0.29) is 22.7 Å². The molecule has 4 rings (SSSR count). The minimum Gasteiger partial charge on any atom is -0.306 e. The highest BCUT2D eigenvalue weighted by atomic mass is 16.1. The number of benzene rings is 1. The molecule has 1 amide bonds. The predicted octanol–water partition coefficient (Wildman–Crippen LogP) is 3.46. The quantitative estimate of drug-likeness (QED) is 0.472. The maximum atomic E-state index is 13.2. The summed E-state index contributed by atoms with van der Waals surface area (Å²) in [5, 5.41) is 10.1. The van der Waals surface area contributed by atoms with Gasteiger partial charge in [0.05, 0.1) is 10.9 Å². The molecule has 0 aliphatic rings. The van der Waals surface area contributed by atoms with Crippen molar-refractivity contribution in [3.8, 4) is 6.07 Å². The molecule has 0 bridgehead atoms. The van der Waals surface area contributed by atoms with Crippen LogP contribution in [0, 0.1) is 25.2 Å². The number of nitrogens with zero attached hydrogens (tertiary/aromatic N) is 5. The lowest BCUT2D eigenvalue weighted by Crippen LogP contribution is -2.30. The molecule has 0 fully saturated rings. The average molecular weight is 411 g/mol. The van der Waals surface area contributed by atoms with Crippen LogP contribution in [0.1, 0.15) is 46.9 Å². The van der Waals surface area contributed by atoms with Gasteiger partial charge in [-0.25, -0.2) is 4.98 Å². The number of hydrogen-bond donors (Lipinski definition) is 0. The number of fused-ring (bicyclic) bond motifs is 2. The van der Waals surface area contributed by atoms with Crippen molar-refractivity contribution in [3.63, 3.8) is 0 Å². The second-order valence-electron chi connectivity index (χ2n) is 7.78. The Morgan fingerprint density at radius 2 is 1.90 bits per heavy atom. The lowest BCUT2D eigenvalue weighted by molar-refractivity contribution is 0.0997. The van der Waals surface area contributed by atoms with E-state index in [0.717, 1.165) is 11.1 Å². The summed E-state index contributed by atoms with van der Waals surface area (Å²) >= 11 is 0. The number of nitriles is 1. The fraction of sp³-hybridized carbons (Fsp3) is 0.208. The fourth-order valence-corrected chi connectivity index (χ4v) is 3.67. The Hall–Kier alpha value is -4.05. The minimum absolute atomic E-state index is 0.147. The molecule has 0 unspecified atom stereocenters. The molecule has 3 aromatic heterocycles. The lowest BCUT2D eigenvalue weighted by Gasteiger charge is -2.17. The fourth-order valence-electron chi connectivity index (χ4n) is 3.67. The van der Waals surface area contributed by atoms with Gasteiger partial charge in [0, 0.05) is 17.8 Å². The van der Waals surface area contributed by atoms with E-state index in [1.165, 1.54) is 10.5 Å². The number of hydrogen-bond acceptors (Lipinski definition) is 4. The van der Waals surface area contributed by atoms with Gasteiger partial charge >= 0.3 is 0 Å². The summed E-state index contributed by atoms with van der Waals surface area (Å²) < 4.78 is 3.16. The number of aromatic nitrogens is 3. The normalized spacial score (nSPS) is 11.9. The van der Waals surface area contributed by atoms with E-state index in [9.17, 15) is 14.9 Å². The number of carbonyl (C=O) groups excluding carboxylic acids is 1. The van der Waals surface area contributed by atoms with Crippen molar-refractivity contribution in [1.29, 1.82) is 5.26 Å². The van der Waals surface area contributed by atoms with E-state index in [1.54, 1.807) is 35.0 Å². The lowest BCUT2D eigenvalue weighted by atomic mass is 10.1. The summed E-state index contributed by atoms with van der Waals surface area (Å²) in [6, 6.07) is 14.2. The monoisotopic (exact) mass is 411 g/mol. The van der Waals surface area contributed by atoms with Gasteiger partial charge in [-0.2, -0.15) is 10.3 Å². The van der Waals surface area contributed by atoms with Gasteiger partial charge in [0.1, 0.15) is 17.4 Å². The molecular formula is C24H21N5O2. The SMILES string of the molecule is Cc1cccc(C(=O)N=c2c(C#N)cc3c(=O)n4cccc(C)c4nc3n2C(C)C)c1. The third-order valence-electron chi connectivity index (χ3n) is 5.16. The van der Waals surface area contributed by atoms with Crippen LogP contribution >= 0.6 is 0 Å². The highest BCUT2D eigenvalue weighted by molar-refractivity contribution is 5.95. The second-order valence-corrected chi connectivity index (χ2v) is 7.78. The molecule has 0 radical (unpaired) electrons. The average Bonchev–Trinajstić information content (AvgIpc) is 2.74. The number of amides is 1. The molecule has 0 atom stereocenters. The molecule has 0 aliphatic heterocycles. The third kappa shape index (κ3) is 3.42. The Morgan fingerprint density at radius 1 is 1.13 bits per heavy atom. The molecule has 4 aromatic rings. The van der Waals surface area contributed by atoms with Crippen LogP contribution in [-0.2, 0) is 0 Å². The number of pyridine rings is 2. The van der Waals surface area contributed by atoms with Crippen LogP contribution < -0.4 is 11.0 Å². The topological polar surface area (TPSA) is 92.5 Å². The first-order chi connectivity index (χ1) is 14.8. The van der Waals surface area contributed by atoms with Crippen molar-refractivity contribution < 1.29 is 4.79 Å². The summed E-state index contributed by atoms with van der Waals surface area (Å²) in [6.07, 6.45) is 1.66. The Balaban J connectivity index is 2.15. The summed E-state index contributed by atoms with van der Waals surface area (Å²) in [5.41, 5.74) is 3.20. The number of carbonyl (C=O) groups is 1. The van der Waals surface area contributed by atoms with Crippen LogP contribution in [0.15, 0.2) is 58.4 Å². The first-order valence-electron chi connectivity index (χ1n) is 9.95. The third-order valence-corrected chi connectivity index (χ3v) is 5.16. The Kier molecular flexibility index (Phi) is 4.99. The van der Waals surface area contributed by atoms with Crippen molar-refractivity contribution in [3.05, 3.63) is 86.8 Å². The zero-order chi connectivity index (χ0) is 22.3. The van der Waals surface area contributed by atoms with Gasteiger partial charge < -0.3 is 4.57 Å². The molecular weight excluding hydrogens is 390 g/mol. The number of rotatable bonds is 2. The minimum atomic E-state index is -0.456. The summed E-state index contributed by atoms with van der Waals surface area (Å²) in [5.74, 6) is -0.456. The zero-order valence-corrected chi connectivity index (χ0v) is 17.7. The van der Waals surface area contributed by atoms with E-state index in [1.807, 2.05) is 39.8 Å². The van der Waals surface area contributed by atoms with Crippen LogP contribution in [0.3, 0.4) is 0 Å². The molecule has 1 aromatic carbocycles. The van der Waals surface area contributed by atoms with Crippen LogP contribution in [0.25, 0.3) is 16.7 Å². The molecule has 154 valence electrons. The highest BCUT2D eigenvalue weighted by Gasteiger charge is 2.17. The Morgan fingerprint density at radius 3 is 2.58 bits per heavy atom. The highest BCUT2D eigenvalue weighted by Crippen LogP contribution is 2.16. The van der Waals surface area contributed by atoms with Crippen LogP contribution in [-0.4, -0.2) is 19.9 Å². The maximum absolute atomic E-state index is 13.2. The van der Waals surface area contributed by atoms with Gasteiger partial charge in [-0.3, -0.25) is 14.0 Å². The van der Waals surface area contributed by atoms with Gasteiger partial charge in [-0.05, 0) is 57.5 Å². The molecule has 0 saturated carbocycles. The molecule has 0 saturated heterocycles. The summed E-state index contributed by atoms with van der Waals surface area (Å²) in [7, 11) is 0. The van der Waals surface area contributed by atoms with Gasteiger partial charge in [0.15, 0.2) is 5.49 Å². The summed E-state index contributed by atoms with van der Waals surface area (Å²) in [6.45, 7) is 7.58. The van der Waals surface area contributed by atoms with Crippen molar-refractivity contribution in [2.24, 2.45) is 4.99 Å². The standard InChI is InChI=1S/C24H21N5O2/c1-14(2)29-21(27-23(30)17-9-5-7-15(3)11-17)18(13-25)12-19-22(29)26-20-16(4)8-6-10-28(20)24(19)31/h5-12,14H,1-4H3. The van der Waals surface area contributed by atoms with Crippen LogP contribution in [0.4, 0.5) is 0 Å². The summed E-state index contributed by atoms with van der Waals surface area (Å²) in [4.78, 5) is 35.1. The molecule has 0 N–H and O–H groups in total. The van der Waals surface area contributed by atoms with Gasteiger partial charge in [-0.15, -0.1) is 0 Å². The molecule has 0 spiro atoms. The van der Waals surface area contributed by atoms with Crippen LogP contribution in [0.5, 0.6) is 0 Å². The molecule has 31 heavy (non-hydrogen) atoms. The van der Waals surface area contributed by atoms with Gasteiger partial charge in [0.25, 0.3) is 11.5 Å². The van der Waals surface area contributed by atoms with Crippen molar-refractivity contribution in [1.82, 2.24) is 14.0 Å². The Labute approximate surface area is 178 Å².